The van der Waals surface area contributed by atoms with Crippen LogP contribution in [0, 0.1) is 0 Å². The first-order valence-electron chi connectivity index (χ1n) is 5.48. The number of ether oxygens (including phenoxy) is 1. The van der Waals surface area contributed by atoms with Gasteiger partial charge in [0, 0.05) is 0 Å². The van der Waals surface area contributed by atoms with Crippen LogP contribution < -0.4 is 5.32 Å². The van der Waals surface area contributed by atoms with Gasteiger partial charge in [0.15, 0.2) is 0 Å². The topological polar surface area (TPSA) is 64.1 Å². The predicted molar refractivity (Wildman–Crippen MR) is 69.2 cm³/mol. The van der Waals surface area contributed by atoms with Gasteiger partial charge in [0.2, 0.25) is 5.13 Å². The summed E-state index contributed by atoms with van der Waals surface area (Å²) >= 11 is 1.27. The van der Waals surface area contributed by atoms with Gasteiger partial charge in [0.1, 0.15) is 11.6 Å². The van der Waals surface area contributed by atoms with Crippen LogP contribution in [0.4, 0.5) is 5.13 Å². The van der Waals surface area contributed by atoms with Crippen LogP contribution in [0.5, 0.6) is 0 Å². The largest absolute Gasteiger partial charge is 0.364 e. The van der Waals surface area contributed by atoms with Crippen molar-refractivity contribution in [2.24, 2.45) is 0 Å². The van der Waals surface area contributed by atoms with Crippen molar-refractivity contribution in [3.8, 4) is 0 Å². The second kappa shape index (κ2) is 6.23. The molecular formula is C12H13N3O2S. The molecule has 1 atom stereocenters. The van der Waals surface area contributed by atoms with Crippen LogP contribution in [0.3, 0.4) is 0 Å². The molecule has 1 amide bonds. The van der Waals surface area contributed by atoms with Crippen LogP contribution in [0.1, 0.15) is 12.5 Å². The zero-order chi connectivity index (χ0) is 12.8. The third-order valence-electron chi connectivity index (χ3n) is 2.30. The first-order valence-corrected chi connectivity index (χ1v) is 6.36. The highest BCUT2D eigenvalue weighted by Crippen LogP contribution is 2.10. The summed E-state index contributed by atoms with van der Waals surface area (Å²) in [7, 11) is 0. The third kappa shape index (κ3) is 3.61. The number of aromatic nitrogens is 2. The highest BCUT2D eigenvalue weighted by Gasteiger charge is 2.14. The molecule has 1 heterocycles. The summed E-state index contributed by atoms with van der Waals surface area (Å²) in [5.74, 6) is -0.220. The maximum atomic E-state index is 11.7. The van der Waals surface area contributed by atoms with E-state index in [9.17, 15) is 4.79 Å². The van der Waals surface area contributed by atoms with Gasteiger partial charge in [-0.05, 0) is 12.5 Å². The van der Waals surface area contributed by atoms with Crippen molar-refractivity contribution in [1.29, 1.82) is 0 Å². The average Bonchev–Trinajstić information content (AvgIpc) is 2.90. The molecule has 0 radical (unpaired) electrons. The van der Waals surface area contributed by atoms with E-state index < -0.39 is 6.10 Å². The van der Waals surface area contributed by atoms with Gasteiger partial charge in [-0.25, -0.2) is 0 Å². The number of nitrogens with one attached hydrogen (secondary N) is 1. The van der Waals surface area contributed by atoms with Gasteiger partial charge in [0.05, 0.1) is 6.61 Å². The van der Waals surface area contributed by atoms with Crippen molar-refractivity contribution < 1.29 is 9.53 Å². The lowest BCUT2D eigenvalue weighted by Crippen LogP contribution is -2.27. The fraction of sp³-hybridized carbons (Fsp3) is 0.250. The molecule has 0 bridgehead atoms. The molecule has 0 aliphatic rings. The maximum absolute atomic E-state index is 11.7. The smallest absolute Gasteiger partial charge is 0.255 e. The quantitative estimate of drug-likeness (QED) is 0.897. The Kier molecular flexibility index (Phi) is 4.38. The van der Waals surface area contributed by atoms with E-state index in [4.69, 9.17) is 4.74 Å². The molecule has 0 saturated carbocycles. The lowest BCUT2D eigenvalue weighted by atomic mass is 10.2. The number of hydrogen-bond donors (Lipinski definition) is 1. The summed E-state index contributed by atoms with van der Waals surface area (Å²) < 4.78 is 5.48. The normalized spacial score (nSPS) is 12.1. The fourth-order valence-electron chi connectivity index (χ4n) is 1.31. The van der Waals surface area contributed by atoms with Gasteiger partial charge in [-0.15, -0.1) is 10.2 Å². The Morgan fingerprint density at radius 1 is 1.44 bits per heavy atom. The molecule has 1 aromatic heterocycles. The lowest BCUT2D eigenvalue weighted by molar-refractivity contribution is -0.127. The Morgan fingerprint density at radius 3 is 2.89 bits per heavy atom. The Bertz CT molecular complexity index is 487. The molecule has 2 rings (SSSR count). The van der Waals surface area contributed by atoms with Crippen LogP contribution >= 0.6 is 11.3 Å². The third-order valence-corrected chi connectivity index (χ3v) is 2.91. The van der Waals surface area contributed by atoms with Gasteiger partial charge >= 0.3 is 0 Å². The van der Waals surface area contributed by atoms with Gasteiger partial charge in [-0.2, -0.15) is 0 Å². The summed E-state index contributed by atoms with van der Waals surface area (Å²) in [5, 5.41) is 10.5. The lowest BCUT2D eigenvalue weighted by Gasteiger charge is -2.11. The van der Waals surface area contributed by atoms with E-state index in [2.05, 4.69) is 15.5 Å². The second-order valence-electron chi connectivity index (χ2n) is 3.67. The Labute approximate surface area is 109 Å². The molecule has 2 aromatic rings. The van der Waals surface area contributed by atoms with Gasteiger partial charge in [0.25, 0.3) is 5.91 Å². The summed E-state index contributed by atoms with van der Waals surface area (Å²) in [5.41, 5.74) is 2.60. The standard InChI is InChI=1S/C12H13N3O2S/c1-9(11(16)14-12-15-13-8-18-12)17-7-10-5-3-2-4-6-10/h2-6,8-9H,7H2,1H3,(H,14,15,16). The Balaban J connectivity index is 1.81. The maximum Gasteiger partial charge on any atom is 0.255 e. The highest BCUT2D eigenvalue weighted by molar-refractivity contribution is 7.13. The van der Waals surface area contributed by atoms with E-state index in [0.29, 0.717) is 11.7 Å². The molecule has 1 aromatic carbocycles. The number of nitrogens with zero attached hydrogens (tertiary/aromatic N) is 2. The molecule has 5 nitrogen and oxygen atoms in total. The predicted octanol–water partition coefficient (Wildman–Crippen LogP) is 2.08. The fourth-order valence-corrected chi connectivity index (χ4v) is 1.75. The van der Waals surface area contributed by atoms with Crippen molar-refractivity contribution in [2.75, 3.05) is 5.32 Å². The number of anilines is 1. The molecule has 0 spiro atoms. The monoisotopic (exact) mass is 263 g/mol. The summed E-state index contributed by atoms with van der Waals surface area (Å²) in [6.45, 7) is 2.12. The molecule has 1 N–H and O–H groups in total. The molecule has 6 heteroatoms. The van der Waals surface area contributed by atoms with Gasteiger partial charge in [-0.1, -0.05) is 41.7 Å². The number of carbonyl (C=O) groups excluding carboxylic acids is 1. The van der Waals surface area contributed by atoms with Crippen LogP contribution in [0.25, 0.3) is 0 Å². The SMILES string of the molecule is CC(OCc1ccccc1)C(=O)Nc1nncs1. The molecular weight excluding hydrogens is 250 g/mol. The summed E-state index contributed by atoms with van der Waals surface area (Å²) in [4.78, 5) is 11.7. The van der Waals surface area contributed by atoms with E-state index in [1.165, 1.54) is 11.3 Å². The number of amides is 1. The molecule has 94 valence electrons. The number of benzene rings is 1. The van der Waals surface area contributed by atoms with Crippen molar-refractivity contribution in [2.45, 2.75) is 19.6 Å². The minimum Gasteiger partial charge on any atom is -0.364 e. The first-order chi connectivity index (χ1) is 8.75. The minimum absolute atomic E-state index is 0.220. The van der Waals surface area contributed by atoms with E-state index >= 15 is 0 Å². The van der Waals surface area contributed by atoms with Crippen molar-refractivity contribution in [1.82, 2.24) is 10.2 Å². The first kappa shape index (κ1) is 12.7. The number of hydrogen-bond acceptors (Lipinski definition) is 5. The Hall–Kier alpha value is -1.79. The highest BCUT2D eigenvalue weighted by atomic mass is 32.1. The minimum atomic E-state index is -0.533. The molecule has 0 fully saturated rings. The van der Waals surface area contributed by atoms with E-state index in [-0.39, 0.29) is 5.91 Å². The molecule has 18 heavy (non-hydrogen) atoms. The zero-order valence-electron chi connectivity index (χ0n) is 9.87. The van der Waals surface area contributed by atoms with Crippen molar-refractivity contribution >= 4 is 22.4 Å². The van der Waals surface area contributed by atoms with E-state index in [1.807, 2.05) is 30.3 Å². The van der Waals surface area contributed by atoms with E-state index in [1.54, 1.807) is 12.4 Å². The van der Waals surface area contributed by atoms with Crippen LogP contribution in [-0.4, -0.2) is 22.2 Å². The average molecular weight is 263 g/mol. The molecule has 0 aliphatic heterocycles. The van der Waals surface area contributed by atoms with Gasteiger partial charge in [-0.3, -0.25) is 10.1 Å². The summed E-state index contributed by atoms with van der Waals surface area (Å²) in [6, 6.07) is 9.72. The van der Waals surface area contributed by atoms with Crippen molar-refractivity contribution in [3.05, 3.63) is 41.4 Å². The Morgan fingerprint density at radius 2 is 2.22 bits per heavy atom. The molecule has 1 unspecified atom stereocenters. The second-order valence-corrected chi connectivity index (χ2v) is 4.51. The van der Waals surface area contributed by atoms with Crippen LogP contribution in [0.15, 0.2) is 35.8 Å². The van der Waals surface area contributed by atoms with Gasteiger partial charge < -0.3 is 4.74 Å². The zero-order valence-corrected chi connectivity index (χ0v) is 10.7. The number of rotatable bonds is 5. The molecule has 0 aliphatic carbocycles. The molecule has 0 saturated heterocycles. The van der Waals surface area contributed by atoms with Crippen molar-refractivity contribution in [3.63, 3.8) is 0 Å². The summed E-state index contributed by atoms with van der Waals surface area (Å²) in [6.07, 6.45) is -0.533. The van der Waals surface area contributed by atoms with E-state index in [0.717, 1.165) is 5.56 Å². The number of carbonyl (C=O) groups is 1. The van der Waals surface area contributed by atoms with Crippen LogP contribution in [0.2, 0.25) is 0 Å². The van der Waals surface area contributed by atoms with Crippen LogP contribution in [-0.2, 0) is 16.1 Å².